The van der Waals surface area contributed by atoms with E-state index in [1.54, 1.807) is 18.5 Å². The summed E-state index contributed by atoms with van der Waals surface area (Å²) in [6.45, 7) is 0. The van der Waals surface area contributed by atoms with E-state index in [-0.39, 0.29) is 0 Å². The first kappa shape index (κ1) is 13.7. The smallest absolute Gasteiger partial charge is 0.150 e. The summed E-state index contributed by atoms with van der Waals surface area (Å²) in [5.41, 5.74) is 0. The first-order chi connectivity index (χ1) is 10.3. The molecule has 0 aliphatic carbocycles. The van der Waals surface area contributed by atoms with E-state index in [4.69, 9.17) is 0 Å². The van der Waals surface area contributed by atoms with Gasteiger partial charge in [0.15, 0.2) is 7.14 Å². The summed E-state index contributed by atoms with van der Waals surface area (Å²) in [4.78, 5) is 8.46. The van der Waals surface area contributed by atoms with Crippen molar-refractivity contribution >= 4 is 17.8 Å². The van der Waals surface area contributed by atoms with E-state index in [2.05, 4.69) is 9.97 Å². The van der Waals surface area contributed by atoms with Crippen LogP contribution in [-0.4, -0.2) is 9.97 Å². The second kappa shape index (κ2) is 6.02. The molecule has 1 heterocycles. The molecule has 0 unspecified atom stereocenters. The van der Waals surface area contributed by atoms with Crippen LogP contribution < -0.4 is 10.6 Å². The molecule has 0 aliphatic rings. The van der Waals surface area contributed by atoms with Gasteiger partial charge in [-0.25, -0.2) is 9.97 Å². The minimum atomic E-state index is -2.77. The highest BCUT2D eigenvalue weighted by Gasteiger charge is 2.28. The van der Waals surface area contributed by atoms with Crippen LogP contribution in [0.5, 0.6) is 0 Å². The van der Waals surface area contributed by atoms with Crippen molar-refractivity contribution in [1.82, 2.24) is 9.97 Å². The second-order valence-corrected chi connectivity index (χ2v) is 7.56. The Hall–Kier alpha value is -2.25. The van der Waals surface area contributed by atoms with Crippen LogP contribution in [0.1, 0.15) is 5.82 Å². The van der Waals surface area contributed by atoms with Crippen LogP contribution in [0, 0.1) is 0 Å². The van der Waals surface area contributed by atoms with Crippen LogP contribution in [0.2, 0.25) is 0 Å². The molecule has 4 heteroatoms. The van der Waals surface area contributed by atoms with Crippen molar-refractivity contribution in [1.29, 1.82) is 0 Å². The Morgan fingerprint density at radius 2 is 1.19 bits per heavy atom. The Morgan fingerprint density at radius 3 is 1.67 bits per heavy atom. The number of hydrogen-bond donors (Lipinski definition) is 0. The van der Waals surface area contributed by atoms with Crippen molar-refractivity contribution in [2.24, 2.45) is 0 Å². The third-order valence-corrected chi connectivity index (χ3v) is 6.32. The maximum Gasteiger partial charge on any atom is 0.150 e. The predicted octanol–water partition coefficient (Wildman–Crippen LogP) is 2.99. The average molecular weight is 294 g/mol. The lowest BCUT2D eigenvalue weighted by Crippen LogP contribution is -2.18. The van der Waals surface area contributed by atoms with E-state index in [1.807, 2.05) is 60.7 Å². The molecule has 0 spiro atoms. The lowest BCUT2D eigenvalue weighted by atomic mass is 10.4. The topological polar surface area (TPSA) is 42.9 Å². The summed E-state index contributed by atoms with van der Waals surface area (Å²) in [7, 11) is -2.77. The quantitative estimate of drug-likeness (QED) is 0.695. The zero-order valence-electron chi connectivity index (χ0n) is 11.5. The molecular weight excluding hydrogens is 279 g/mol. The van der Waals surface area contributed by atoms with Crippen LogP contribution in [0.3, 0.4) is 0 Å². The molecule has 0 amide bonds. The van der Waals surface area contributed by atoms with Gasteiger partial charge < -0.3 is 4.57 Å². The van der Waals surface area contributed by atoms with E-state index >= 15 is 0 Å². The number of aromatic nitrogens is 2. The van der Waals surface area contributed by atoms with Gasteiger partial charge in [0.2, 0.25) is 0 Å². The molecule has 0 fully saturated rings. The molecule has 0 bridgehead atoms. The molecule has 0 radical (unpaired) electrons. The molecule has 21 heavy (non-hydrogen) atoms. The normalized spacial score (nSPS) is 11.2. The van der Waals surface area contributed by atoms with Crippen molar-refractivity contribution in [2.45, 2.75) is 6.16 Å². The van der Waals surface area contributed by atoms with Crippen LogP contribution in [0.25, 0.3) is 0 Å². The Kier molecular flexibility index (Phi) is 3.94. The highest BCUT2D eigenvalue weighted by Crippen LogP contribution is 2.45. The van der Waals surface area contributed by atoms with Crippen LogP contribution >= 0.6 is 7.14 Å². The van der Waals surface area contributed by atoms with E-state index in [0.717, 1.165) is 10.6 Å². The van der Waals surface area contributed by atoms with Crippen molar-refractivity contribution in [2.75, 3.05) is 0 Å². The summed E-state index contributed by atoms with van der Waals surface area (Å²) in [5.74, 6) is 0.605. The predicted molar refractivity (Wildman–Crippen MR) is 85.5 cm³/mol. The lowest BCUT2D eigenvalue weighted by molar-refractivity contribution is 0.585. The standard InChI is InChI=1S/C17H15N2OP/c20-21(15-8-3-1-4-9-15,16-10-5-2-6-11-16)14-17-18-12-7-13-19-17/h1-13H,14H2. The van der Waals surface area contributed by atoms with Gasteiger partial charge in [0.05, 0.1) is 6.16 Å². The minimum absolute atomic E-state index is 0.335. The number of rotatable bonds is 4. The highest BCUT2D eigenvalue weighted by atomic mass is 31.2. The van der Waals surface area contributed by atoms with E-state index in [9.17, 15) is 4.57 Å². The number of nitrogens with zero attached hydrogens (tertiary/aromatic N) is 2. The largest absolute Gasteiger partial charge is 0.313 e. The Balaban J connectivity index is 2.10. The van der Waals surface area contributed by atoms with Gasteiger partial charge >= 0.3 is 0 Å². The Bertz CT molecular complexity index is 702. The van der Waals surface area contributed by atoms with Gasteiger partial charge in [-0.2, -0.15) is 0 Å². The van der Waals surface area contributed by atoms with Crippen LogP contribution in [0.4, 0.5) is 0 Å². The maximum absolute atomic E-state index is 13.7. The zero-order valence-corrected chi connectivity index (χ0v) is 12.4. The van der Waals surface area contributed by atoms with Gasteiger partial charge in [0, 0.05) is 23.0 Å². The van der Waals surface area contributed by atoms with Crippen molar-refractivity contribution < 1.29 is 4.57 Å². The molecule has 2 aromatic carbocycles. The number of hydrogen-bond acceptors (Lipinski definition) is 3. The average Bonchev–Trinajstić information content (AvgIpc) is 2.57. The van der Waals surface area contributed by atoms with Crippen molar-refractivity contribution in [3.8, 4) is 0 Å². The second-order valence-electron chi connectivity index (χ2n) is 4.73. The highest BCUT2D eigenvalue weighted by molar-refractivity contribution is 7.78. The molecule has 0 saturated carbocycles. The van der Waals surface area contributed by atoms with E-state index in [1.165, 1.54) is 0 Å². The molecule has 0 saturated heterocycles. The monoisotopic (exact) mass is 294 g/mol. The summed E-state index contributed by atoms with van der Waals surface area (Å²) in [6, 6.07) is 20.9. The van der Waals surface area contributed by atoms with Gasteiger partial charge in [-0.05, 0) is 6.07 Å². The van der Waals surface area contributed by atoms with Gasteiger partial charge in [-0.1, -0.05) is 60.7 Å². The molecule has 0 aliphatic heterocycles. The molecule has 3 rings (SSSR count). The molecule has 104 valence electrons. The third-order valence-electron chi connectivity index (χ3n) is 3.33. The molecule has 0 atom stereocenters. The molecular formula is C17H15N2OP. The maximum atomic E-state index is 13.7. The first-order valence-corrected chi connectivity index (χ1v) is 8.64. The third kappa shape index (κ3) is 2.93. The summed E-state index contributed by atoms with van der Waals surface area (Å²) in [6.07, 6.45) is 3.70. The fourth-order valence-corrected chi connectivity index (χ4v) is 4.81. The van der Waals surface area contributed by atoms with Gasteiger partial charge in [-0.15, -0.1) is 0 Å². The van der Waals surface area contributed by atoms with E-state index < -0.39 is 7.14 Å². The fraction of sp³-hybridized carbons (Fsp3) is 0.0588. The van der Waals surface area contributed by atoms with Gasteiger partial charge in [0.25, 0.3) is 0 Å². The van der Waals surface area contributed by atoms with Crippen LogP contribution in [0.15, 0.2) is 79.1 Å². The molecule has 3 nitrogen and oxygen atoms in total. The van der Waals surface area contributed by atoms with Crippen LogP contribution in [-0.2, 0) is 10.7 Å². The molecule has 3 aromatic rings. The van der Waals surface area contributed by atoms with E-state index in [0.29, 0.717) is 12.0 Å². The fourth-order valence-electron chi connectivity index (χ4n) is 2.28. The summed E-state index contributed by atoms with van der Waals surface area (Å²) < 4.78 is 13.7. The summed E-state index contributed by atoms with van der Waals surface area (Å²) >= 11 is 0. The Labute approximate surface area is 124 Å². The summed E-state index contributed by atoms with van der Waals surface area (Å²) in [5, 5.41) is 1.67. The van der Waals surface area contributed by atoms with Crippen molar-refractivity contribution in [3.05, 3.63) is 84.9 Å². The zero-order chi connectivity index (χ0) is 14.5. The number of benzene rings is 2. The molecule has 0 N–H and O–H groups in total. The minimum Gasteiger partial charge on any atom is -0.313 e. The lowest BCUT2D eigenvalue weighted by Gasteiger charge is -2.18. The Morgan fingerprint density at radius 1 is 0.714 bits per heavy atom. The SMILES string of the molecule is O=P(Cc1ncccn1)(c1ccccc1)c1ccccc1. The molecule has 1 aromatic heterocycles. The van der Waals surface area contributed by atoms with Gasteiger partial charge in [0.1, 0.15) is 5.82 Å². The van der Waals surface area contributed by atoms with Crippen molar-refractivity contribution in [3.63, 3.8) is 0 Å². The first-order valence-electron chi connectivity index (χ1n) is 6.75. The van der Waals surface area contributed by atoms with Gasteiger partial charge in [-0.3, -0.25) is 0 Å².